The first-order valence-corrected chi connectivity index (χ1v) is 6.79. The first-order valence-electron chi connectivity index (χ1n) is 6.79. The number of pyridine rings is 1. The minimum atomic E-state index is -0.400. The fourth-order valence-electron chi connectivity index (χ4n) is 2.09. The topological polar surface area (TPSA) is 65.7 Å². The lowest BCUT2D eigenvalue weighted by molar-refractivity contribution is 0.0600. The molecule has 0 aliphatic heterocycles. The molecule has 112 valence electrons. The number of carbonyl (C=O) groups is 1. The van der Waals surface area contributed by atoms with Crippen LogP contribution in [0, 0.1) is 6.92 Å². The second kappa shape index (κ2) is 5.85. The van der Waals surface area contributed by atoms with E-state index in [4.69, 9.17) is 4.74 Å². The van der Waals surface area contributed by atoms with E-state index in [1.165, 1.54) is 7.11 Å². The molecule has 0 atom stereocenters. The first kappa shape index (κ1) is 14.1. The highest BCUT2D eigenvalue weighted by Gasteiger charge is 2.09. The molecule has 0 saturated carbocycles. The molecule has 1 aromatic carbocycles. The fourth-order valence-corrected chi connectivity index (χ4v) is 2.09. The molecule has 0 amide bonds. The second-order valence-corrected chi connectivity index (χ2v) is 4.84. The Morgan fingerprint density at radius 2 is 2.14 bits per heavy atom. The van der Waals surface area contributed by atoms with E-state index in [2.05, 4.69) is 14.8 Å². The Morgan fingerprint density at radius 3 is 2.91 bits per heavy atom. The molecule has 0 fully saturated rings. The fraction of sp³-hybridized carbons (Fsp3) is 0.188. The average molecular weight is 297 g/mol. The molecule has 6 nitrogen and oxygen atoms in total. The van der Waals surface area contributed by atoms with Crippen molar-refractivity contribution in [2.45, 2.75) is 13.5 Å². The molecule has 0 N–H and O–H groups in total. The lowest BCUT2D eigenvalue weighted by Gasteiger charge is -2.03. The normalized spacial score (nSPS) is 10.6. The summed E-state index contributed by atoms with van der Waals surface area (Å²) in [4.78, 5) is 15.8. The molecule has 0 unspecified atom stereocenters. The zero-order chi connectivity index (χ0) is 15.5. The Labute approximate surface area is 127 Å². The van der Waals surface area contributed by atoms with Gasteiger partial charge in [-0.25, -0.2) is 14.3 Å². The van der Waals surface area contributed by atoms with Crippen LogP contribution in [0.15, 0.2) is 42.6 Å². The van der Waals surface area contributed by atoms with Crippen molar-refractivity contribution in [3.8, 4) is 5.75 Å². The summed E-state index contributed by atoms with van der Waals surface area (Å²) in [5, 5.41) is 4.30. The van der Waals surface area contributed by atoms with Crippen LogP contribution in [0.5, 0.6) is 5.75 Å². The van der Waals surface area contributed by atoms with Gasteiger partial charge in [-0.05, 0) is 36.8 Å². The van der Waals surface area contributed by atoms with Crippen LogP contribution in [0.4, 0.5) is 0 Å². The molecule has 0 bridgehead atoms. The molecular formula is C16H15N3O3. The van der Waals surface area contributed by atoms with Gasteiger partial charge in [0.1, 0.15) is 12.4 Å². The van der Waals surface area contributed by atoms with Crippen molar-refractivity contribution >= 4 is 11.6 Å². The van der Waals surface area contributed by atoms with Gasteiger partial charge in [-0.3, -0.25) is 0 Å². The predicted molar refractivity (Wildman–Crippen MR) is 79.8 cm³/mol. The third-order valence-corrected chi connectivity index (χ3v) is 3.16. The Hall–Kier alpha value is -2.89. The number of nitrogens with zero attached hydrogens (tertiary/aromatic N) is 3. The third-order valence-electron chi connectivity index (χ3n) is 3.16. The summed E-state index contributed by atoms with van der Waals surface area (Å²) in [5.41, 5.74) is 2.14. The van der Waals surface area contributed by atoms with Crippen LogP contribution in [0.25, 0.3) is 5.65 Å². The molecule has 0 spiro atoms. The first-order chi connectivity index (χ1) is 10.7. The summed E-state index contributed by atoms with van der Waals surface area (Å²) in [5.74, 6) is 0.917. The smallest absolute Gasteiger partial charge is 0.338 e. The maximum Gasteiger partial charge on any atom is 0.338 e. The summed E-state index contributed by atoms with van der Waals surface area (Å²) in [6.07, 6.45) is 1.67. The van der Waals surface area contributed by atoms with Gasteiger partial charge in [0.05, 0.1) is 12.7 Å². The number of fused-ring (bicyclic) bond motifs is 1. The van der Waals surface area contributed by atoms with Gasteiger partial charge in [-0.15, -0.1) is 5.10 Å². The van der Waals surface area contributed by atoms with Gasteiger partial charge < -0.3 is 9.47 Å². The lowest BCUT2D eigenvalue weighted by Crippen LogP contribution is -2.02. The van der Waals surface area contributed by atoms with Crippen LogP contribution in [-0.2, 0) is 11.3 Å². The standard InChI is InChI=1S/C16H15N3O3/c1-11-4-3-5-13(8-11)22-10-14-17-15-9-12(16(20)21-2)6-7-19(15)18-14/h3-9H,10H2,1-2H3. The van der Waals surface area contributed by atoms with Crippen LogP contribution >= 0.6 is 0 Å². The van der Waals surface area contributed by atoms with Crippen LogP contribution < -0.4 is 4.74 Å². The maximum atomic E-state index is 11.5. The van der Waals surface area contributed by atoms with Crippen molar-refractivity contribution in [2.75, 3.05) is 7.11 Å². The van der Waals surface area contributed by atoms with Gasteiger partial charge in [0, 0.05) is 6.20 Å². The molecule has 3 aromatic rings. The Kier molecular flexibility index (Phi) is 3.74. The Balaban J connectivity index is 1.78. The van der Waals surface area contributed by atoms with Crippen LogP contribution in [0.2, 0.25) is 0 Å². The largest absolute Gasteiger partial charge is 0.486 e. The van der Waals surface area contributed by atoms with Crippen molar-refractivity contribution in [1.82, 2.24) is 14.6 Å². The van der Waals surface area contributed by atoms with Crippen LogP contribution in [0.3, 0.4) is 0 Å². The minimum Gasteiger partial charge on any atom is -0.486 e. The van der Waals surface area contributed by atoms with E-state index in [0.29, 0.717) is 17.0 Å². The van der Waals surface area contributed by atoms with E-state index >= 15 is 0 Å². The average Bonchev–Trinajstić information content (AvgIpc) is 2.94. The number of esters is 1. The molecule has 6 heteroatoms. The van der Waals surface area contributed by atoms with Gasteiger partial charge in [-0.2, -0.15) is 0 Å². The van der Waals surface area contributed by atoms with Crippen molar-refractivity contribution < 1.29 is 14.3 Å². The number of aromatic nitrogens is 3. The molecule has 3 rings (SSSR count). The van der Waals surface area contributed by atoms with Gasteiger partial charge in [0.15, 0.2) is 11.5 Å². The van der Waals surface area contributed by atoms with Gasteiger partial charge in [0.2, 0.25) is 0 Å². The molecule has 0 radical (unpaired) electrons. The predicted octanol–water partition coefficient (Wildman–Crippen LogP) is 2.40. The molecule has 0 saturated heterocycles. The van der Waals surface area contributed by atoms with E-state index in [1.54, 1.807) is 22.8 Å². The third kappa shape index (κ3) is 2.90. The monoisotopic (exact) mass is 297 g/mol. The number of aryl methyl sites for hydroxylation is 1. The quantitative estimate of drug-likeness (QED) is 0.692. The highest BCUT2D eigenvalue weighted by Crippen LogP contribution is 2.14. The van der Waals surface area contributed by atoms with Crippen LogP contribution in [-0.4, -0.2) is 27.7 Å². The SMILES string of the molecule is COC(=O)c1ccn2nc(COc3cccc(C)c3)nc2c1. The zero-order valence-corrected chi connectivity index (χ0v) is 12.3. The van der Waals surface area contributed by atoms with E-state index < -0.39 is 5.97 Å². The summed E-state index contributed by atoms with van der Waals surface area (Å²) >= 11 is 0. The summed E-state index contributed by atoms with van der Waals surface area (Å²) in [6, 6.07) is 11.0. The van der Waals surface area contributed by atoms with Crippen molar-refractivity contribution in [1.29, 1.82) is 0 Å². The van der Waals surface area contributed by atoms with Gasteiger partial charge in [-0.1, -0.05) is 12.1 Å². The minimum absolute atomic E-state index is 0.263. The molecule has 2 aromatic heterocycles. The van der Waals surface area contributed by atoms with E-state index in [9.17, 15) is 4.79 Å². The summed E-state index contributed by atoms with van der Waals surface area (Å²) in [6.45, 7) is 2.27. The van der Waals surface area contributed by atoms with E-state index in [0.717, 1.165) is 11.3 Å². The van der Waals surface area contributed by atoms with Crippen molar-refractivity contribution in [3.05, 3.63) is 59.5 Å². The highest BCUT2D eigenvalue weighted by atomic mass is 16.5. The van der Waals surface area contributed by atoms with Gasteiger partial charge >= 0.3 is 5.97 Å². The molecule has 2 heterocycles. The number of ether oxygens (including phenoxy) is 2. The van der Waals surface area contributed by atoms with Gasteiger partial charge in [0.25, 0.3) is 0 Å². The number of hydrogen-bond donors (Lipinski definition) is 0. The van der Waals surface area contributed by atoms with E-state index in [1.807, 2.05) is 31.2 Å². The number of benzene rings is 1. The zero-order valence-electron chi connectivity index (χ0n) is 12.3. The van der Waals surface area contributed by atoms with Crippen LogP contribution in [0.1, 0.15) is 21.7 Å². The Morgan fingerprint density at radius 1 is 1.27 bits per heavy atom. The number of methoxy groups -OCH3 is 1. The van der Waals surface area contributed by atoms with Crippen molar-refractivity contribution in [2.24, 2.45) is 0 Å². The number of hydrogen-bond acceptors (Lipinski definition) is 5. The summed E-state index contributed by atoms with van der Waals surface area (Å²) < 4.78 is 12.0. The van der Waals surface area contributed by atoms with Crippen molar-refractivity contribution in [3.63, 3.8) is 0 Å². The number of carbonyl (C=O) groups excluding carboxylic acids is 1. The molecular weight excluding hydrogens is 282 g/mol. The second-order valence-electron chi connectivity index (χ2n) is 4.84. The highest BCUT2D eigenvalue weighted by molar-refractivity contribution is 5.90. The molecule has 0 aliphatic carbocycles. The molecule has 0 aliphatic rings. The lowest BCUT2D eigenvalue weighted by atomic mass is 10.2. The summed E-state index contributed by atoms with van der Waals surface area (Å²) in [7, 11) is 1.34. The van der Waals surface area contributed by atoms with E-state index in [-0.39, 0.29) is 6.61 Å². The maximum absolute atomic E-state index is 11.5. The Bertz CT molecular complexity index is 826. The molecule has 22 heavy (non-hydrogen) atoms. The number of rotatable bonds is 4.